The van der Waals surface area contributed by atoms with Gasteiger partial charge >= 0.3 is 6.03 Å². The maximum Gasteiger partial charge on any atom is 0.317 e. The number of rotatable bonds is 11. The number of benzene rings is 2. The Labute approximate surface area is 197 Å². The third kappa shape index (κ3) is 7.55. The Hall–Kier alpha value is -2.42. The third-order valence-electron chi connectivity index (χ3n) is 5.91. The van der Waals surface area contributed by atoms with Gasteiger partial charge in [0.05, 0.1) is 11.5 Å². The number of ether oxygens (including phenoxy) is 1. The Bertz CT molecular complexity index is 959. The monoisotopic (exact) mass is 473 g/mol. The smallest absolute Gasteiger partial charge is 0.317 e. The van der Waals surface area contributed by atoms with E-state index in [0.29, 0.717) is 44.2 Å². The van der Waals surface area contributed by atoms with E-state index in [2.05, 4.69) is 17.4 Å². The lowest BCUT2D eigenvalue weighted by Gasteiger charge is -2.26. The highest BCUT2D eigenvalue weighted by atomic mass is 32.2. The van der Waals surface area contributed by atoms with E-state index in [0.717, 1.165) is 37.7 Å². The van der Waals surface area contributed by atoms with Crippen molar-refractivity contribution in [3.8, 4) is 0 Å². The minimum atomic E-state index is -3.44. The average molecular weight is 474 g/mol. The zero-order valence-corrected chi connectivity index (χ0v) is 20.2. The maximum atomic E-state index is 12.8. The van der Waals surface area contributed by atoms with Crippen molar-refractivity contribution < 1.29 is 17.9 Å². The molecule has 7 nitrogen and oxygen atoms in total. The molecule has 1 aliphatic heterocycles. The Kier molecular flexibility index (Phi) is 9.72. The first-order chi connectivity index (χ1) is 16.0. The molecule has 1 aliphatic rings. The summed E-state index contributed by atoms with van der Waals surface area (Å²) in [4.78, 5) is 14.8. The number of carbonyl (C=O) groups is 1. The fourth-order valence-electron chi connectivity index (χ4n) is 3.96. The van der Waals surface area contributed by atoms with Crippen molar-refractivity contribution in [2.24, 2.45) is 0 Å². The molecule has 0 aromatic heterocycles. The number of hydrogen-bond acceptors (Lipinski definition) is 4. The van der Waals surface area contributed by atoms with E-state index in [1.807, 2.05) is 18.2 Å². The second kappa shape index (κ2) is 12.7. The van der Waals surface area contributed by atoms with Crippen LogP contribution in [0.15, 0.2) is 59.5 Å². The molecule has 1 saturated heterocycles. The molecule has 1 heterocycles. The molecule has 0 unspecified atom stereocenters. The molecular formula is C25H35N3O4S. The lowest BCUT2D eigenvalue weighted by atomic mass is 10.1. The number of piperidine rings is 1. The molecule has 180 valence electrons. The summed E-state index contributed by atoms with van der Waals surface area (Å²) in [5, 5.41) is 2.95. The quantitative estimate of drug-likeness (QED) is 0.540. The molecule has 33 heavy (non-hydrogen) atoms. The molecule has 1 fully saturated rings. The van der Waals surface area contributed by atoms with Crippen LogP contribution in [0.25, 0.3) is 0 Å². The normalized spacial score (nSPS) is 14.7. The molecule has 2 aromatic carbocycles. The number of urea groups is 1. The molecule has 3 rings (SSSR count). The molecule has 1 N–H and O–H groups in total. The first kappa shape index (κ1) is 25.2. The summed E-state index contributed by atoms with van der Waals surface area (Å²) >= 11 is 0. The van der Waals surface area contributed by atoms with Gasteiger partial charge in [0.15, 0.2) is 0 Å². The van der Waals surface area contributed by atoms with Crippen LogP contribution >= 0.6 is 0 Å². The van der Waals surface area contributed by atoms with E-state index in [4.69, 9.17) is 4.74 Å². The van der Waals surface area contributed by atoms with Gasteiger partial charge < -0.3 is 15.0 Å². The number of nitrogens with one attached hydrogen (secondary N) is 1. The summed E-state index contributed by atoms with van der Waals surface area (Å²) in [6.45, 7) is 3.14. The lowest BCUT2D eigenvalue weighted by molar-refractivity contribution is 0.148. The Morgan fingerprint density at radius 2 is 1.67 bits per heavy atom. The molecule has 0 saturated carbocycles. The first-order valence-corrected chi connectivity index (χ1v) is 13.1. The number of nitrogens with zero attached hydrogens (tertiary/aromatic N) is 2. The lowest BCUT2D eigenvalue weighted by Crippen LogP contribution is -2.42. The molecule has 0 atom stereocenters. The van der Waals surface area contributed by atoms with Crippen molar-refractivity contribution in [3.05, 3.63) is 65.7 Å². The largest absolute Gasteiger partial charge is 0.383 e. The van der Waals surface area contributed by atoms with Gasteiger partial charge in [0.2, 0.25) is 10.0 Å². The van der Waals surface area contributed by atoms with Gasteiger partial charge in [-0.15, -0.1) is 0 Å². The molecule has 2 aromatic rings. The average Bonchev–Trinajstić information content (AvgIpc) is 2.86. The minimum Gasteiger partial charge on any atom is -0.383 e. The molecule has 0 aliphatic carbocycles. The van der Waals surface area contributed by atoms with Crippen molar-refractivity contribution in [3.63, 3.8) is 0 Å². The fraction of sp³-hybridized carbons (Fsp3) is 0.480. The van der Waals surface area contributed by atoms with E-state index in [1.165, 1.54) is 5.56 Å². The van der Waals surface area contributed by atoms with Crippen molar-refractivity contribution >= 4 is 16.1 Å². The molecule has 2 amide bonds. The van der Waals surface area contributed by atoms with Crippen LogP contribution in [-0.4, -0.2) is 63.5 Å². The van der Waals surface area contributed by atoms with Gasteiger partial charge in [0.25, 0.3) is 0 Å². The molecule has 8 heteroatoms. The van der Waals surface area contributed by atoms with Crippen LogP contribution in [-0.2, 0) is 27.7 Å². The van der Waals surface area contributed by atoms with Crippen LogP contribution in [0.5, 0.6) is 0 Å². The number of amides is 2. The molecule has 0 radical (unpaired) electrons. The van der Waals surface area contributed by atoms with E-state index in [-0.39, 0.29) is 6.03 Å². The Morgan fingerprint density at radius 1 is 0.970 bits per heavy atom. The Morgan fingerprint density at radius 3 is 2.33 bits per heavy atom. The minimum absolute atomic E-state index is 0.148. The van der Waals surface area contributed by atoms with Gasteiger partial charge in [-0.1, -0.05) is 48.9 Å². The molecule has 0 spiro atoms. The highest BCUT2D eigenvalue weighted by molar-refractivity contribution is 7.89. The maximum absolute atomic E-state index is 12.8. The fourth-order valence-corrected chi connectivity index (χ4v) is 5.48. The van der Waals surface area contributed by atoms with Crippen LogP contribution < -0.4 is 5.32 Å². The topological polar surface area (TPSA) is 79.0 Å². The van der Waals surface area contributed by atoms with Crippen LogP contribution in [0.3, 0.4) is 0 Å². The van der Waals surface area contributed by atoms with E-state index >= 15 is 0 Å². The summed E-state index contributed by atoms with van der Waals surface area (Å²) < 4.78 is 32.3. The van der Waals surface area contributed by atoms with Gasteiger partial charge in [0, 0.05) is 39.8 Å². The van der Waals surface area contributed by atoms with Gasteiger partial charge in [0.1, 0.15) is 0 Å². The second-order valence-corrected chi connectivity index (χ2v) is 10.3. The van der Waals surface area contributed by atoms with Gasteiger partial charge in [-0.3, -0.25) is 0 Å². The van der Waals surface area contributed by atoms with Crippen LogP contribution in [0.1, 0.15) is 36.8 Å². The Balaban J connectivity index is 1.52. The highest BCUT2D eigenvalue weighted by Crippen LogP contribution is 2.20. The van der Waals surface area contributed by atoms with Crippen LogP contribution in [0, 0.1) is 0 Å². The molecule has 0 bridgehead atoms. The van der Waals surface area contributed by atoms with Crippen LogP contribution in [0.4, 0.5) is 4.79 Å². The summed E-state index contributed by atoms with van der Waals surface area (Å²) in [5.41, 5.74) is 2.11. The van der Waals surface area contributed by atoms with E-state index in [9.17, 15) is 13.2 Å². The van der Waals surface area contributed by atoms with Crippen molar-refractivity contribution in [1.82, 2.24) is 14.5 Å². The van der Waals surface area contributed by atoms with E-state index < -0.39 is 10.0 Å². The van der Waals surface area contributed by atoms with Gasteiger partial charge in [-0.25, -0.2) is 13.2 Å². The summed E-state index contributed by atoms with van der Waals surface area (Å²) in [7, 11) is -1.82. The first-order valence-electron chi connectivity index (χ1n) is 11.7. The summed E-state index contributed by atoms with van der Waals surface area (Å²) in [6, 6.07) is 16.9. The van der Waals surface area contributed by atoms with Crippen molar-refractivity contribution in [2.75, 3.05) is 39.9 Å². The van der Waals surface area contributed by atoms with Gasteiger partial charge in [-0.05, 0) is 48.9 Å². The number of methoxy groups -OCH3 is 1. The highest BCUT2D eigenvalue weighted by Gasteiger charge is 2.25. The second-order valence-electron chi connectivity index (χ2n) is 8.34. The number of hydrogen-bond donors (Lipinski definition) is 1. The number of carbonyl (C=O) groups excluding carboxylic acids is 1. The number of sulfonamides is 1. The molecular weight excluding hydrogens is 438 g/mol. The summed E-state index contributed by atoms with van der Waals surface area (Å²) in [6.07, 6.45) is 4.68. The summed E-state index contributed by atoms with van der Waals surface area (Å²) in [5.74, 6) is 0. The van der Waals surface area contributed by atoms with Crippen molar-refractivity contribution in [2.45, 2.75) is 43.5 Å². The van der Waals surface area contributed by atoms with Crippen LogP contribution in [0.2, 0.25) is 0 Å². The van der Waals surface area contributed by atoms with Gasteiger partial charge in [-0.2, -0.15) is 4.31 Å². The standard InChI is InChI=1S/C25H35N3O4S/c1-32-20-19-27(16-8-11-22-9-4-2-5-10-22)25(29)26-21-23-12-14-24(15-13-23)33(30,31)28-17-6-3-7-18-28/h2,4-5,9-10,12-15H,3,6-8,11,16-21H2,1H3,(H,26,29). The zero-order chi connectivity index (χ0) is 23.5. The van der Waals surface area contributed by atoms with Crippen molar-refractivity contribution in [1.29, 1.82) is 0 Å². The van der Waals surface area contributed by atoms with E-state index in [1.54, 1.807) is 40.6 Å². The third-order valence-corrected chi connectivity index (χ3v) is 7.82. The predicted octanol–water partition coefficient (Wildman–Crippen LogP) is 3.65. The zero-order valence-electron chi connectivity index (χ0n) is 19.4. The predicted molar refractivity (Wildman–Crippen MR) is 129 cm³/mol. The SMILES string of the molecule is COCCN(CCCc1ccccc1)C(=O)NCc1ccc(S(=O)(=O)N2CCCCC2)cc1. The number of aryl methyl sites for hydroxylation is 1.